The van der Waals surface area contributed by atoms with Crippen molar-refractivity contribution in [3.05, 3.63) is 98.5 Å². The number of piperidine rings is 1. The number of hydrogen-bond donors (Lipinski definition) is 2. The lowest BCUT2D eigenvalue weighted by Gasteiger charge is -2.40. The van der Waals surface area contributed by atoms with Gasteiger partial charge in [0.2, 0.25) is 0 Å². The number of nitrogens with zero attached hydrogens (tertiary/aromatic N) is 3. The zero-order chi connectivity index (χ0) is 31.3. The third-order valence-electron chi connectivity index (χ3n) is 8.19. The molecule has 2 unspecified atom stereocenters. The van der Waals surface area contributed by atoms with Crippen LogP contribution in [0, 0.1) is 11.7 Å². The summed E-state index contributed by atoms with van der Waals surface area (Å²) in [7, 11) is 0. The number of likely N-dealkylation sites (tertiary alicyclic amines) is 1. The topological polar surface area (TPSA) is 103 Å². The molecule has 43 heavy (non-hydrogen) atoms. The molecule has 0 aliphatic carbocycles. The lowest BCUT2D eigenvalue weighted by Crippen LogP contribution is -2.46. The number of fused-ring (bicyclic) bond motifs is 1. The second-order valence-corrected chi connectivity index (χ2v) is 13.2. The molecule has 1 saturated heterocycles. The minimum absolute atomic E-state index is 0.0621. The van der Waals surface area contributed by atoms with Crippen LogP contribution in [0.1, 0.15) is 73.3 Å². The highest BCUT2D eigenvalue weighted by molar-refractivity contribution is 6.30. The van der Waals surface area contributed by atoms with Crippen molar-refractivity contribution in [3.63, 3.8) is 0 Å². The third kappa shape index (κ3) is 5.96. The number of hydrogen-bond acceptors (Lipinski definition) is 6. The van der Waals surface area contributed by atoms with Crippen molar-refractivity contribution in [1.29, 1.82) is 0 Å². The molecule has 0 spiro atoms. The molecule has 2 amide bonds. The lowest BCUT2D eigenvalue weighted by molar-refractivity contribution is -0.0568. The Balaban J connectivity index is 1.49. The lowest BCUT2D eigenvalue weighted by atomic mass is 9.76. The van der Waals surface area contributed by atoms with Crippen LogP contribution < -0.4 is 0 Å². The van der Waals surface area contributed by atoms with Crippen molar-refractivity contribution in [2.24, 2.45) is 5.92 Å². The van der Waals surface area contributed by atoms with Gasteiger partial charge in [-0.2, -0.15) is 0 Å². The Hall–Kier alpha value is -3.24. The summed E-state index contributed by atoms with van der Waals surface area (Å²) in [4.78, 5) is 33.5. The Morgan fingerprint density at radius 1 is 1.07 bits per heavy atom. The van der Waals surface area contributed by atoms with Crippen LogP contribution in [0.3, 0.4) is 0 Å². The van der Waals surface area contributed by atoms with Crippen LogP contribution in [-0.2, 0) is 22.6 Å². The van der Waals surface area contributed by atoms with Crippen LogP contribution >= 0.6 is 23.2 Å². The van der Waals surface area contributed by atoms with Crippen LogP contribution in [0.25, 0.3) is 0 Å². The maximum absolute atomic E-state index is 16.2. The monoisotopic (exact) mass is 629 g/mol. The van der Waals surface area contributed by atoms with E-state index in [9.17, 15) is 19.8 Å². The molecule has 5 rings (SSSR count). The average molecular weight is 631 g/mol. The minimum Gasteiger partial charge on any atom is -0.444 e. The zero-order valence-corrected chi connectivity index (χ0v) is 25.9. The molecule has 0 bridgehead atoms. The van der Waals surface area contributed by atoms with Gasteiger partial charge in [-0.05, 0) is 88.4 Å². The number of rotatable bonds is 5. The van der Waals surface area contributed by atoms with Crippen molar-refractivity contribution < 1.29 is 28.9 Å². The van der Waals surface area contributed by atoms with Crippen molar-refractivity contribution in [3.8, 4) is 0 Å². The van der Waals surface area contributed by atoms with Gasteiger partial charge in [-0.1, -0.05) is 35.3 Å². The predicted molar refractivity (Wildman–Crippen MR) is 160 cm³/mol. The fourth-order valence-corrected chi connectivity index (χ4v) is 6.10. The first-order valence-electron chi connectivity index (χ1n) is 14.1. The van der Waals surface area contributed by atoms with Crippen LogP contribution in [-0.4, -0.2) is 55.7 Å². The summed E-state index contributed by atoms with van der Waals surface area (Å²) in [6, 6.07) is 12.0. The molecule has 2 aromatic carbocycles. The Kier molecular flexibility index (Phi) is 8.24. The number of ether oxygens (including phenoxy) is 1. The predicted octanol–water partition coefficient (Wildman–Crippen LogP) is 6.23. The number of carbonyl (C=O) groups is 2. The maximum Gasteiger partial charge on any atom is 0.410 e. The maximum atomic E-state index is 16.2. The van der Waals surface area contributed by atoms with Gasteiger partial charge in [0.15, 0.2) is 5.72 Å². The first-order chi connectivity index (χ1) is 20.1. The van der Waals surface area contributed by atoms with E-state index in [0.29, 0.717) is 41.7 Å². The number of aliphatic hydroxyl groups is 2. The van der Waals surface area contributed by atoms with Crippen molar-refractivity contribution in [2.75, 3.05) is 13.1 Å². The fourth-order valence-electron chi connectivity index (χ4n) is 5.87. The molecule has 0 radical (unpaired) electrons. The van der Waals surface area contributed by atoms with E-state index in [0.717, 1.165) is 4.90 Å². The number of benzene rings is 2. The molecule has 3 heterocycles. The van der Waals surface area contributed by atoms with E-state index in [2.05, 4.69) is 4.98 Å². The Morgan fingerprint density at radius 2 is 1.70 bits per heavy atom. The zero-order valence-electron chi connectivity index (χ0n) is 24.4. The van der Waals surface area contributed by atoms with E-state index in [1.807, 2.05) is 0 Å². The normalized spacial score (nSPS) is 20.6. The highest BCUT2D eigenvalue weighted by atomic mass is 35.5. The first kappa shape index (κ1) is 31.2. The van der Waals surface area contributed by atoms with Gasteiger partial charge in [-0.25, -0.2) is 9.18 Å². The van der Waals surface area contributed by atoms with E-state index in [-0.39, 0.29) is 34.7 Å². The standard InChI is InChI=1S/C32H34Cl2FN3O5/c1-30(2,3)43-29(40)37-13-11-19(12-14-37)31(4,41)21-15-25-27(26(35)16-21)32(42,20-5-7-22(33)8-6-20)38(28(25)39)18-24-10-9-23(34)17-36-24/h5-10,15-17,19,41-42H,11-14,18H2,1-4H3. The molecule has 2 N–H and O–H groups in total. The second-order valence-electron chi connectivity index (χ2n) is 12.3. The molecule has 1 fully saturated rings. The van der Waals surface area contributed by atoms with Crippen LogP contribution in [0.2, 0.25) is 10.0 Å². The quantitative estimate of drug-likeness (QED) is 0.347. The molecule has 1 aromatic heterocycles. The van der Waals surface area contributed by atoms with Crippen LogP contribution in [0.5, 0.6) is 0 Å². The van der Waals surface area contributed by atoms with Crippen LogP contribution in [0.4, 0.5) is 9.18 Å². The Bertz CT molecular complexity index is 1530. The smallest absolute Gasteiger partial charge is 0.410 e. The molecule has 11 heteroatoms. The van der Waals surface area contributed by atoms with Crippen molar-refractivity contribution in [1.82, 2.24) is 14.8 Å². The van der Waals surface area contributed by atoms with Crippen molar-refractivity contribution in [2.45, 2.75) is 64.0 Å². The minimum atomic E-state index is -2.18. The van der Waals surface area contributed by atoms with Crippen molar-refractivity contribution >= 4 is 35.2 Å². The Morgan fingerprint density at radius 3 is 2.28 bits per heavy atom. The SMILES string of the molecule is CC(C)(C)OC(=O)N1CCC(C(C)(O)c2cc(F)c3c(c2)C(=O)N(Cc2ccc(Cl)cn2)C3(O)c2ccc(Cl)cc2)CC1. The molecular formula is C32H34Cl2FN3O5. The third-order valence-corrected chi connectivity index (χ3v) is 8.66. The summed E-state index contributed by atoms with van der Waals surface area (Å²) in [5, 5.41) is 24.8. The van der Waals surface area contributed by atoms with Gasteiger partial charge in [0.1, 0.15) is 11.4 Å². The van der Waals surface area contributed by atoms with E-state index in [4.69, 9.17) is 27.9 Å². The van der Waals surface area contributed by atoms with E-state index in [1.165, 1.54) is 30.5 Å². The highest BCUT2D eigenvalue weighted by Crippen LogP contribution is 2.47. The first-order valence-corrected chi connectivity index (χ1v) is 14.8. The van der Waals surface area contributed by atoms with Crippen LogP contribution in [0.15, 0.2) is 54.7 Å². The number of halogens is 3. The molecule has 2 atom stereocenters. The molecule has 0 saturated carbocycles. The summed E-state index contributed by atoms with van der Waals surface area (Å²) < 4.78 is 21.7. The number of carbonyl (C=O) groups excluding carboxylic acids is 2. The molecule has 3 aromatic rings. The molecule has 2 aliphatic rings. The molecule has 2 aliphatic heterocycles. The summed E-state index contributed by atoms with van der Waals surface area (Å²) in [5.41, 5.74) is -3.73. The van der Waals surface area contributed by atoms with Gasteiger partial charge in [-0.15, -0.1) is 0 Å². The van der Waals surface area contributed by atoms with E-state index >= 15 is 4.39 Å². The van der Waals surface area contributed by atoms with Gasteiger partial charge in [0.05, 0.1) is 34.0 Å². The number of aromatic nitrogens is 1. The Labute approximate surface area is 260 Å². The second kappa shape index (κ2) is 11.4. The van der Waals surface area contributed by atoms with Gasteiger partial charge < -0.3 is 19.8 Å². The van der Waals surface area contributed by atoms with Gasteiger partial charge in [0, 0.05) is 29.9 Å². The van der Waals surface area contributed by atoms with E-state index in [1.54, 1.807) is 56.9 Å². The highest BCUT2D eigenvalue weighted by Gasteiger charge is 2.53. The summed E-state index contributed by atoms with van der Waals surface area (Å²) >= 11 is 12.1. The number of amides is 2. The largest absolute Gasteiger partial charge is 0.444 e. The summed E-state index contributed by atoms with van der Waals surface area (Å²) in [5.74, 6) is -1.79. The van der Waals surface area contributed by atoms with Gasteiger partial charge in [0.25, 0.3) is 5.91 Å². The molecular weight excluding hydrogens is 596 g/mol. The molecule has 8 nitrogen and oxygen atoms in total. The van der Waals surface area contributed by atoms with Gasteiger partial charge >= 0.3 is 6.09 Å². The molecule has 228 valence electrons. The summed E-state index contributed by atoms with van der Waals surface area (Å²) in [6.07, 6.45) is 1.90. The number of pyridine rings is 1. The van der Waals surface area contributed by atoms with Gasteiger partial charge in [-0.3, -0.25) is 14.7 Å². The average Bonchev–Trinajstić information content (AvgIpc) is 3.16. The van der Waals surface area contributed by atoms with E-state index < -0.39 is 34.7 Å². The fraction of sp³-hybridized carbons (Fsp3) is 0.406. The summed E-state index contributed by atoms with van der Waals surface area (Å²) in [6.45, 7) is 7.56.